The van der Waals surface area contributed by atoms with E-state index >= 15 is 0 Å². The van der Waals surface area contributed by atoms with E-state index in [1.807, 2.05) is 21.8 Å². The van der Waals surface area contributed by atoms with Gasteiger partial charge in [-0.2, -0.15) is 5.10 Å². The molecule has 0 bridgehead atoms. The van der Waals surface area contributed by atoms with Gasteiger partial charge in [0.25, 0.3) is 0 Å². The lowest BCUT2D eigenvalue weighted by Crippen LogP contribution is -2.49. The Morgan fingerprint density at radius 2 is 2.38 bits per heavy atom. The summed E-state index contributed by atoms with van der Waals surface area (Å²) in [4.78, 5) is 12.2. The van der Waals surface area contributed by atoms with E-state index in [4.69, 9.17) is 5.11 Å². The summed E-state index contributed by atoms with van der Waals surface area (Å²) in [6, 6.07) is 2.23. The highest BCUT2D eigenvalue weighted by molar-refractivity contribution is 5.69. The largest absolute Gasteiger partial charge is 0.480 e. The second kappa shape index (κ2) is 3.18. The van der Waals surface area contributed by atoms with Crippen LogP contribution in [0.25, 0.3) is 0 Å². The minimum atomic E-state index is -0.765. The maximum atomic E-state index is 10.3. The molecular formula is C8H11N3O2. The summed E-state index contributed by atoms with van der Waals surface area (Å²) in [5.41, 5.74) is 0. The number of carboxylic acid groups (broad SMARTS) is 1. The fourth-order valence-electron chi connectivity index (χ4n) is 1.53. The summed E-state index contributed by atoms with van der Waals surface area (Å²) in [5, 5.41) is 12.6. The maximum Gasteiger partial charge on any atom is 0.317 e. The molecule has 1 saturated heterocycles. The summed E-state index contributed by atoms with van der Waals surface area (Å²) in [6.45, 7) is 1.71. The lowest BCUT2D eigenvalue weighted by Gasteiger charge is -2.37. The van der Waals surface area contributed by atoms with Crippen LogP contribution in [-0.4, -0.2) is 45.4 Å². The molecular weight excluding hydrogens is 170 g/mol. The number of hydrogen-bond donors (Lipinski definition) is 1. The van der Waals surface area contributed by atoms with Crippen LogP contribution in [0.5, 0.6) is 0 Å². The second-order valence-corrected chi connectivity index (χ2v) is 3.23. The van der Waals surface area contributed by atoms with Gasteiger partial charge in [-0.1, -0.05) is 0 Å². The van der Waals surface area contributed by atoms with Crippen LogP contribution >= 0.6 is 0 Å². The third-order valence-electron chi connectivity index (χ3n) is 2.20. The Hall–Kier alpha value is -1.36. The van der Waals surface area contributed by atoms with Gasteiger partial charge in [0.15, 0.2) is 0 Å². The first-order chi connectivity index (χ1) is 6.25. The predicted octanol–water partition coefficient (Wildman–Crippen LogP) is -0.176. The molecule has 13 heavy (non-hydrogen) atoms. The number of carboxylic acids is 1. The quantitative estimate of drug-likeness (QED) is 0.703. The van der Waals surface area contributed by atoms with Crippen molar-refractivity contribution in [1.82, 2.24) is 14.7 Å². The zero-order valence-electron chi connectivity index (χ0n) is 7.13. The molecule has 2 rings (SSSR count). The van der Waals surface area contributed by atoms with E-state index in [0.29, 0.717) is 6.04 Å². The van der Waals surface area contributed by atoms with Gasteiger partial charge in [0.1, 0.15) is 0 Å². The summed E-state index contributed by atoms with van der Waals surface area (Å²) < 4.78 is 1.87. The van der Waals surface area contributed by atoms with Crippen molar-refractivity contribution in [3.63, 3.8) is 0 Å². The molecule has 0 atom stereocenters. The maximum absolute atomic E-state index is 10.3. The molecule has 0 aromatic carbocycles. The average molecular weight is 181 g/mol. The van der Waals surface area contributed by atoms with E-state index in [2.05, 4.69) is 5.10 Å². The minimum Gasteiger partial charge on any atom is -0.480 e. The van der Waals surface area contributed by atoms with E-state index in [1.54, 1.807) is 6.20 Å². The molecule has 1 N–H and O–H groups in total. The zero-order valence-corrected chi connectivity index (χ0v) is 7.13. The van der Waals surface area contributed by atoms with Crippen LogP contribution in [-0.2, 0) is 4.79 Å². The van der Waals surface area contributed by atoms with Crippen molar-refractivity contribution in [2.24, 2.45) is 0 Å². The smallest absolute Gasteiger partial charge is 0.317 e. The van der Waals surface area contributed by atoms with E-state index in [9.17, 15) is 4.79 Å². The zero-order chi connectivity index (χ0) is 9.26. The number of rotatable bonds is 3. The normalized spacial score (nSPS) is 18.5. The fraction of sp³-hybridized carbons (Fsp3) is 0.500. The van der Waals surface area contributed by atoms with Crippen LogP contribution in [0.4, 0.5) is 0 Å². The van der Waals surface area contributed by atoms with Crippen LogP contribution in [0.3, 0.4) is 0 Å². The van der Waals surface area contributed by atoms with Crippen molar-refractivity contribution in [3.05, 3.63) is 18.5 Å². The lowest BCUT2D eigenvalue weighted by molar-refractivity contribution is -0.139. The number of carbonyl (C=O) groups is 1. The minimum absolute atomic E-state index is 0.137. The Morgan fingerprint density at radius 1 is 1.62 bits per heavy atom. The molecule has 0 amide bonds. The number of aliphatic carboxylic acids is 1. The Bertz CT molecular complexity index is 290. The van der Waals surface area contributed by atoms with Crippen molar-refractivity contribution in [3.8, 4) is 0 Å². The molecule has 5 nitrogen and oxygen atoms in total. The summed E-state index contributed by atoms with van der Waals surface area (Å²) in [5.74, 6) is -0.765. The average Bonchev–Trinajstić information content (AvgIpc) is 2.46. The van der Waals surface area contributed by atoms with Gasteiger partial charge in [0, 0.05) is 25.5 Å². The van der Waals surface area contributed by atoms with Gasteiger partial charge >= 0.3 is 5.97 Å². The highest BCUT2D eigenvalue weighted by Crippen LogP contribution is 2.18. The highest BCUT2D eigenvalue weighted by atomic mass is 16.4. The first kappa shape index (κ1) is 8.25. The second-order valence-electron chi connectivity index (χ2n) is 3.23. The first-order valence-electron chi connectivity index (χ1n) is 4.19. The molecule has 0 aliphatic carbocycles. The predicted molar refractivity (Wildman–Crippen MR) is 45.3 cm³/mol. The Kier molecular flexibility index (Phi) is 2.02. The van der Waals surface area contributed by atoms with Crippen molar-refractivity contribution in [2.75, 3.05) is 19.6 Å². The van der Waals surface area contributed by atoms with Crippen LogP contribution in [0.2, 0.25) is 0 Å². The SMILES string of the molecule is O=C(O)CN1CC(n2cccn2)C1. The fourth-order valence-corrected chi connectivity index (χ4v) is 1.53. The third-order valence-corrected chi connectivity index (χ3v) is 2.20. The van der Waals surface area contributed by atoms with Gasteiger partial charge in [0.05, 0.1) is 12.6 Å². The number of hydrogen-bond acceptors (Lipinski definition) is 3. The summed E-state index contributed by atoms with van der Waals surface area (Å²) in [6.07, 6.45) is 3.64. The van der Waals surface area contributed by atoms with Crippen LogP contribution < -0.4 is 0 Å². The number of likely N-dealkylation sites (tertiary alicyclic amines) is 1. The number of aromatic nitrogens is 2. The lowest BCUT2D eigenvalue weighted by atomic mass is 10.1. The standard InChI is InChI=1S/C8H11N3O2/c12-8(13)6-10-4-7(5-10)11-3-1-2-9-11/h1-3,7H,4-6H2,(H,12,13). The van der Waals surface area contributed by atoms with Crippen LogP contribution in [0.1, 0.15) is 6.04 Å². The molecule has 1 aliphatic heterocycles. The van der Waals surface area contributed by atoms with E-state index < -0.39 is 5.97 Å². The molecule has 0 spiro atoms. The van der Waals surface area contributed by atoms with Crippen LogP contribution in [0, 0.1) is 0 Å². The van der Waals surface area contributed by atoms with Gasteiger partial charge < -0.3 is 5.11 Å². The molecule has 1 aromatic rings. The Balaban J connectivity index is 1.82. The molecule has 70 valence electrons. The van der Waals surface area contributed by atoms with Gasteiger partial charge in [-0.25, -0.2) is 0 Å². The molecule has 0 unspecified atom stereocenters. The summed E-state index contributed by atoms with van der Waals surface area (Å²) in [7, 11) is 0. The molecule has 2 heterocycles. The van der Waals surface area contributed by atoms with Gasteiger partial charge in [-0.05, 0) is 6.07 Å². The highest BCUT2D eigenvalue weighted by Gasteiger charge is 2.29. The molecule has 1 aliphatic rings. The van der Waals surface area contributed by atoms with E-state index in [1.165, 1.54) is 0 Å². The van der Waals surface area contributed by atoms with E-state index in [0.717, 1.165) is 13.1 Å². The molecule has 5 heteroatoms. The topological polar surface area (TPSA) is 58.4 Å². The van der Waals surface area contributed by atoms with E-state index in [-0.39, 0.29) is 6.54 Å². The van der Waals surface area contributed by atoms with Gasteiger partial charge in [0.2, 0.25) is 0 Å². The third kappa shape index (κ3) is 1.70. The van der Waals surface area contributed by atoms with Crippen molar-refractivity contribution < 1.29 is 9.90 Å². The van der Waals surface area contributed by atoms with Crippen molar-refractivity contribution >= 4 is 5.97 Å². The Morgan fingerprint density at radius 3 is 2.92 bits per heavy atom. The molecule has 1 fully saturated rings. The van der Waals surface area contributed by atoms with Gasteiger partial charge in [-0.15, -0.1) is 0 Å². The summed E-state index contributed by atoms with van der Waals surface area (Å²) >= 11 is 0. The first-order valence-corrected chi connectivity index (χ1v) is 4.19. The molecule has 0 radical (unpaired) electrons. The molecule has 0 saturated carbocycles. The Labute approximate surface area is 75.6 Å². The van der Waals surface area contributed by atoms with Crippen molar-refractivity contribution in [2.45, 2.75) is 6.04 Å². The van der Waals surface area contributed by atoms with Gasteiger partial charge in [-0.3, -0.25) is 14.4 Å². The van der Waals surface area contributed by atoms with Crippen LogP contribution in [0.15, 0.2) is 18.5 Å². The number of nitrogens with zero attached hydrogens (tertiary/aromatic N) is 3. The van der Waals surface area contributed by atoms with Crippen molar-refractivity contribution in [1.29, 1.82) is 0 Å². The monoisotopic (exact) mass is 181 g/mol. The molecule has 1 aromatic heterocycles.